The Morgan fingerprint density at radius 3 is 2.46 bits per heavy atom. The van der Waals surface area contributed by atoms with Crippen LogP contribution in [0.4, 0.5) is 4.39 Å². The second-order valence-corrected chi connectivity index (χ2v) is 6.41. The van der Waals surface area contributed by atoms with Gasteiger partial charge in [0.25, 0.3) is 0 Å². The first kappa shape index (κ1) is 20.1. The van der Waals surface area contributed by atoms with Gasteiger partial charge in [0, 0.05) is 11.6 Å². The quantitative estimate of drug-likeness (QED) is 0.662. The van der Waals surface area contributed by atoms with Crippen molar-refractivity contribution in [3.05, 3.63) is 71.6 Å². The third-order valence-electron chi connectivity index (χ3n) is 4.10. The molecule has 1 unspecified atom stereocenters. The molecular weight excluding hydrogens is 353 g/mol. The Kier molecular flexibility index (Phi) is 6.89. The van der Waals surface area contributed by atoms with Crippen LogP contribution >= 0.6 is 12.4 Å². The zero-order valence-corrected chi connectivity index (χ0v) is 15.9. The number of hydrogen-bond acceptors (Lipinski definition) is 4. The minimum atomic E-state index is -0.253. The molecule has 0 fully saturated rings. The summed E-state index contributed by atoms with van der Waals surface area (Å²) < 4.78 is 19.9. The maximum absolute atomic E-state index is 14.6. The summed E-state index contributed by atoms with van der Waals surface area (Å²) in [7, 11) is 0. The highest BCUT2D eigenvalue weighted by Crippen LogP contribution is 2.28. The number of hydrogen-bond donors (Lipinski definition) is 1. The van der Waals surface area contributed by atoms with Crippen LogP contribution in [0.25, 0.3) is 11.1 Å². The third kappa shape index (κ3) is 4.68. The van der Waals surface area contributed by atoms with Crippen molar-refractivity contribution in [2.24, 2.45) is 0 Å². The average molecular weight is 376 g/mol. The van der Waals surface area contributed by atoms with E-state index in [-0.39, 0.29) is 24.1 Å². The predicted molar refractivity (Wildman–Crippen MR) is 103 cm³/mol. The van der Waals surface area contributed by atoms with Gasteiger partial charge < -0.3 is 9.84 Å². The number of benzene rings is 2. The molecule has 0 saturated heterocycles. The Bertz CT molecular complexity index is 836. The third-order valence-corrected chi connectivity index (χ3v) is 4.10. The molecule has 138 valence electrons. The molecule has 3 rings (SSSR count). The van der Waals surface area contributed by atoms with Gasteiger partial charge in [-0.05, 0) is 24.1 Å². The topological polar surface area (TPSA) is 51.0 Å². The molecule has 4 nitrogen and oxygen atoms in total. The lowest BCUT2D eigenvalue weighted by Gasteiger charge is -2.10. The van der Waals surface area contributed by atoms with Crippen molar-refractivity contribution < 1.29 is 8.91 Å². The van der Waals surface area contributed by atoms with Crippen LogP contribution in [-0.2, 0) is 6.54 Å². The maximum atomic E-state index is 14.6. The Morgan fingerprint density at radius 2 is 1.81 bits per heavy atom. The standard InChI is InChI=1S/C20H22FN3O.ClH/c1-13(2)22-12-19-23-20(25-24-19)14(3)16-9-10-17(18(21)11-16)15-7-5-4-6-8-15;/h4-11,13-14,22H,12H2,1-3H3;1H. The monoisotopic (exact) mass is 375 g/mol. The number of nitrogens with one attached hydrogen (secondary N) is 1. The van der Waals surface area contributed by atoms with Crippen molar-refractivity contribution in [1.82, 2.24) is 15.5 Å². The van der Waals surface area contributed by atoms with Crippen molar-refractivity contribution in [1.29, 1.82) is 0 Å². The van der Waals surface area contributed by atoms with Crippen LogP contribution in [0.3, 0.4) is 0 Å². The molecule has 0 radical (unpaired) electrons. The summed E-state index contributed by atoms with van der Waals surface area (Å²) in [6.07, 6.45) is 0. The first-order valence-corrected chi connectivity index (χ1v) is 8.45. The van der Waals surface area contributed by atoms with Crippen LogP contribution in [0.2, 0.25) is 0 Å². The smallest absolute Gasteiger partial charge is 0.233 e. The average Bonchev–Trinajstić information content (AvgIpc) is 3.09. The molecular formula is C20H23ClFN3O. The maximum Gasteiger partial charge on any atom is 0.233 e. The Morgan fingerprint density at radius 1 is 1.08 bits per heavy atom. The molecule has 1 atom stereocenters. The minimum Gasteiger partial charge on any atom is -0.339 e. The highest BCUT2D eigenvalue weighted by Gasteiger charge is 2.18. The molecule has 1 aromatic heterocycles. The Balaban J connectivity index is 0.00000243. The molecule has 0 aliphatic heterocycles. The summed E-state index contributed by atoms with van der Waals surface area (Å²) in [6.45, 7) is 6.60. The van der Waals surface area contributed by atoms with Crippen molar-refractivity contribution >= 4 is 12.4 Å². The lowest BCUT2D eigenvalue weighted by molar-refractivity contribution is 0.363. The number of nitrogens with zero attached hydrogens (tertiary/aromatic N) is 2. The van der Waals surface area contributed by atoms with E-state index in [1.165, 1.54) is 0 Å². The molecule has 1 heterocycles. The zero-order chi connectivity index (χ0) is 17.8. The van der Waals surface area contributed by atoms with Gasteiger partial charge >= 0.3 is 0 Å². The van der Waals surface area contributed by atoms with Crippen LogP contribution in [-0.4, -0.2) is 16.2 Å². The van der Waals surface area contributed by atoms with Gasteiger partial charge in [-0.25, -0.2) is 4.39 Å². The second kappa shape index (κ2) is 8.92. The van der Waals surface area contributed by atoms with E-state index in [0.29, 0.717) is 29.9 Å². The largest absolute Gasteiger partial charge is 0.339 e. The van der Waals surface area contributed by atoms with E-state index in [0.717, 1.165) is 11.1 Å². The first-order valence-electron chi connectivity index (χ1n) is 8.45. The molecule has 0 saturated carbocycles. The molecule has 0 aliphatic carbocycles. The summed E-state index contributed by atoms with van der Waals surface area (Å²) in [6, 6.07) is 15.1. The number of halogens is 2. The summed E-state index contributed by atoms with van der Waals surface area (Å²) in [5.41, 5.74) is 2.26. The Labute approximate surface area is 159 Å². The summed E-state index contributed by atoms with van der Waals surface area (Å²) in [5, 5.41) is 7.22. The first-order chi connectivity index (χ1) is 12.0. The van der Waals surface area contributed by atoms with Crippen LogP contribution < -0.4 is 5.32 Å². The van der Waals surface area contributed by atoms with Crippen molar-refractivity contribution in [2.45, 2.75) is 39.3 Å². The van der Waals surface area contributed by atoms with Gasteiger partial charge in [0.15, 0.2) is 5.82 Å². The molecule has 0 bridgehead atoms. The fourth-order valence-electron chi connectivity index (χ4n) is 2.61. The van der Waals surface area contributed by atoms with E-state index in [9.17, 15) is 4.39 Å². The van der Waals surface area contributed by atoms with Gasteiger partial charge in [-0.15, -0.1) is 12.4 Å². The van der Waals surface area contributed by atoms with Crippen LogP contribution in [0, 0.1) is 5.82 Å². The van der Waals surface area contributed by atoms with E-state index in [4.69, 9.17) is 4.52 Å². The molecule has 0 spiro atoms. The van der Waals surface area contributed by atoms with Gasteiger partial charge in [0.05, 0.1) is 12.5 Å². The Hall–Kier alpha value is -2.24. The van der Waals surface area contributed by atoms with E-state index >= 15 is 0 Å². The lowest BCUT2D eigenvalue weighted by Crippen LogP contribution is -2.22. The lowest BCUT2D eigenvalue weighted by atomic mass is 9.97. The van der Waals surface area contributed by atoms with Gasteiger partial charge in [-0.1, -0.05) is 61.5 Å². The highest BCUT2D eigenvalue weighted by molar-refractivity contribution is 5.85. The van der Waals surface area contributed by atoms with Gasteiger partial charge in [0.2, 0.25) is 5.89 Å². The summed E-state index contributed by atoms with van der Waals surface area (Å²) in [4.78, 5) is 4.41. The number of rotatable bonds is 6. The fraction of sp³-hybridized carbons (Fsp3) is 0.300. The normalized spacial score (nSPS) is 12.0. The minimum absolute atomic E-state index is 0. The molecule has 2 aromatic carbocycles. The van der Waals surface area contributed by atoms with Crippen molar-refractivity contribution in [2.75, 3.05) is 0 Å². The molecule has 6 heteroatoms. The van der Waals surface area contributed by atoms with Crippen LogP contribution in [0.15, 0.2) is 53.1 Å². The molecule has 26 heavy (non-hydrogen) atoms. The highest BCUT2D eigenvalue weighted by atomic mass is 35.5. The molecule has 0 amide bonds. The van der Waals surface area contributed by atoms with Gasteiger partial charge in [-0.2, -0.15) is 4.98 Å². The van der Waals surface area contributed by atoms with Crippen LogP contribution in [0.1, 0.15) is 44.0 Å². The summed E-state index contributed by atoms with van der Waals surface area (Å²) in [5.74, 6) is 0.681. The molecule has 3 aromatic rings. The SMILES string of the molecule is CC(C)NCc1noc(C(C)c2ccc(-c3ccccc3)c(F)c2)n1.Cl. The van der Waals surface area contributed by atoms with E-state index in [1.54, 1.807) is 12.1 Å². The van der Waals surface area contributed by atoms with Gasteiger partial charge in [0.1, 0.15) is 5.82 Å². The molecule has 1 N–H and O–H groups in total. The number of aromatic nitrogens is 2. The zero-order valence-electron chi connectivity index (χ0n) is 15.1. The van der Waals surface area contributed by atoms with E-state index < -0.39 is 0 Å². The fourth-order valence-corrected chi connectivity index (χ4v) is 2.61. The summed E-state index contributed by atoms with van der Waals surface area (Å²) >= 11 is 0. The van der Waals surface area contributed by atoms with Crippen molar-refractivity contribution in [3.8, 4) is 11.1 Å². The van der Waals surface area contributed by atoms with Crippen molar-refractivity contribution in [3.63, 3.8) is 0 Å². The van der Waals surface area contributed by atoms with E-state index in [1.807, 2.05) is 43.3 Å². The van der Waals surface area contributed by atoms with Gasteiger partial charge in [-0.3, -0.25) is 0 Å². The van der Waals surface area contributed by atoms with E-state index in [2.05, 4.69) is 29.3 Å². The molecule has 0 aliphatic rings. The predicted octanol–water partition coefficient (Wildman–Crippen LogP) is 4.95. The second-order valence-electron chi connectivity index (χ2n) is 6.41. The van der Waals surface area contributed by atoms with Crippen LogP contribution in [0.5, 0.6) is 0 Å².